The van der Waals surface area contributed by atoms with Crippen LogP contribution < -0.4 is 0 Å². The molecule has 234 valence electrons. The maximum atomic E-state index is 13.3. The van der Waals surface area contributed by atoms with Gasteiger partial charge in [-0.15, -0.1) is 0 Å². The van der Waals surface area contributed by atoms with Gasteiger partial charge in [-0.3, -0.25) is 0 Å². The second-order valence-electron chi connectivity index (χ2n) is 6.50. The summed E-state index contributed by atoms with van der Waals surface area (Å²) in [6.07, 6.45) is -4.51. The molecule has 26 heteroatoms. The van der Waals surface area contributed by atoms with Crippen LogP contribution in [-0.2, 0) is 0 Å². The zero-order chi connectivity index (χ0) is 33.1. The van der Waals surface area contributed by atoms with Crippen LogP contribution in [0.4, 0.5) is 110 Å². The van der Waals surface area contributed by atoms with Crippen LogP contribution >= 0.6 is 0 Å². The Hall–Kier alpha value is -1.42. The van der Waals surface area contributed by atoms with Gasteiger partial charge in [0.05, 0.1) is 6.43 Å². The van der Waals surface area contributed by atoms with Gasteiger partial charge in [0, 0.05) is 0 Å². The Labute approximate surface area is 218 Å². The van der Waals surface area contributed by atoms with Gasteiger partial charge in [-0.2, -0.15) is 92.2 Å². The fraction of sp³-hybridized carbons (Fsp3) is 0.786. The molecule has 0 saturated carbocycles. The third kappa shape index (κ3) is 5.18. The summed E-state index contributed by atoms with van der Waals surface area (Å²) < 4.78 is 320. The van der Waals surface area contributed by atoms with E-state index in [1.54, 1.807) is 0 Å². The van der Waals surface area contributed by atoms with E-state index in [-0.39, 0.29) is 23.1 Å². The fourth-order valence-electron chi connectivity index (χ4n) is 1.87. The molecule has 0 aliphatic carbocycles. The van der Waals surface area contributed by atoms with E-state index in [4.69, 9.17) is 6.42 Å². The molecule has 0 aliphatic rings. The van der Waals surface area contributed by atoms with E-state index in [0.717, 1.165) is 0 Å². The zero-order valence-electron chi connectivity index (χ0n) is 17.2. The number of halogens is 25. The van der Waals surface area contributed by atoms with E-state index in [1.807, 2.05) is 0 Å². The molecule has 0 nitrogen and oxygen atoms in total. The molecule has 0 atom stereocenters. The molecule has 0 aromatic heterocycles. The van der Waals surface area contributed by atoms with Crippen molar-refractivity contribution in [1.29, 1.82) is 0 Å². The van der Waals surface area contributed by atoms with Gasteiger partial charge < -0.3 is 21.6 Å². The number of rotatable bonds is 10. The first-order chi connectivity index (χ1) is 16.4. The Morgan fingerprint density at radius 3 is 0.625 bits per heavy atom. The minimum absolute atomic E-state index is 0. The molecule has 0 bridgehead atoms. The molecule has 0 spiro atoms. The summed E-state index contributed by atoms with van der Waals surface area (Å²) >= 11 is 0. The summed E-state index contributed by atoms with van der Waals surface area (Å²) in [6.45, 7) is 0. The van der Waals surface area contributed by atoms with Crippen LogP contribution in [0.3, 0.4) is 0 Å². The molecule has 0 heterocycles. The molecule has 0 aromatic carbocycles. The summed E-state index contributed by atoms with van der Waals surface area (Å²) in [4.78, 5) is 0. The predicted molar refractivity (Wildman–Crippen MR) is 74.9 cm³/mol. The number of terminal acetylenes is 1. The SMILES string of the molecule is F[C-](F)C(F)(F)C(F)(F)C(F)(F)C(F)(F)C(F)(F)C(F)(F)C(F)(F)C(F)(F)C(F)(F)C(F)(F)C(F)(F)F.[C-]#C.[Mg+2]. The number of hydrogen-bond acceptors (Lipinski definition) is 0. The van der Waals surface area contributed by atoms with Crippen molar-refractivity contribution in [3.63, 3.8) is 0 Å². The van der Waals surface area contributed by atoms with Crippen molar-refractivity contribution in [1.82, 2.24) is 0 Å². The van der Waals surface area contributed by atoms with Crippen molar-refractivity contribution < 1.29 is 110 Å². The molecule has 0 rings (SSSR count). The van der Waals surface area contributed by atoms with Gasteiger partial charge in [-0.1, -0.05) is 0 Å². The quantitative estimate of drug-likeness (QED) is 0.0955. The minimum atomic E-state index is -9.55. The van der Waals surface area contributed by atoms with Crippen molar-refractivity contribution in [3.05, 3.63) is 12.8 Å². The maximum absolute atomic E-state index is 13.3. The normalized spacial score (nSPS) is 15.8. The largest absolute Gasteiger partial charge is 2.00 e. The second-order valence-corrected chi connectivity index (χ2v) is 6.50. The van der Waals surface area contributed by atoms with Gasteiger partial charge in [-0.05, 0) is 0 Å². The third-order valence-corrected chi connectivity index (χ3v) is 4.14. The van der Waals surface area contributed by atoms with Crippen LogP contribution in [0.2, 0.25) is 0 Å². The first-order valence-corrected chi connectivity index (χ1v) is 7.76. The summed E-state index contributed by atoms with van der Waals surface area (Å²) in [5, 5.41) is 0. The van der Waals surface area contributed by atoms with Gasteiger partial charge in [-0.25, -0.2) is 8.78 Å². The van der Waals surface area contributed by atoms with E-state index < -0.39 is 71.8 Å². The van der Waals surface area contributed by atoms with E-state index in [9.17, 15) is 110 Å². The van der Waals surface area contributed by atoms with Crippen LogP contribution in [0.5, 0.6) is 0 Å². The van der Waals surface area contributed by atoms with Crippen molar-refractivity contribution in [3.8, 4) is 6.42 Å². The van der Waals surface area contributed by atoms with Gasteiger partial charge in [0.2, 0.25) is 0 Å². The smallest absolute Gasteiger partial charge is 0.697 e. The van der Waals surface area contributed by atoms with Gasteiger partial charge in [0.25, 0.3) is 5.92 Å². The molecule has 0 radical (unpaired) electrons. The number of alkyl halides is 23. The molecule has 0 unspecified atom stereocenters. The topological polar surface area (TPSA) is 0 Å². The fourth-order valence-corrected chi connectivity index (χ4v) is 1.87. The monoisotopic (exact) mass is 668 g/mol. The van der Waals surface area contributed by atoms with E-state index in [1.165, 1.54) is 0 Å². The van der Waals surface area contributed by atoms with Crippen molar-refractivity contribution >= 4 is 23.1 Å². The molecule has 0 saturated heterocycles. The van der Waals surface area contributed by atoms with Crippen LogP contribution in [0.15, 0.2) is 0 Å². The molecule has 40 heavy (non-hydrogen) atoms. The average molecular weight is 668 g/mol. The summed E-state index contributed by atoms with van der Waals surface area (Å²) in [7, 11) is 0. The van der Waals surface area contributed by atoms with Gasteiger partial charge in [0.1, 0.15) is 0 Å². The van der Waals surface area contributed by atoms with E-state index in [0.29, 0.717) is 0 Å². The summed E-state index contributed by atoms with van der Waals surface area (Å²) in [6, 6.07) is 0. The van der Waals surface area contributed by atoms with Gasteiger partial charge in [0.15, 0.2) is 0 Å². The molecular formula is C14HF25Mg. The van der Waals surface area contributed by atoms with Crippen LogP contribution in [0, 0.1) is 19.3 Å². The molecule has 0 amide bonds. The van der Waals surface area contributed by atoms with Crippen molar-refractivity contribution in [2.75, 3.05) is 0 Å². The molecule has 0 N–H and O–H groups in total. The second kappa shape index (κ2) is 11.0. The van der Waals surface area contributed by atoms with Crippen molar-refractivity contribution in [2.24, 2.45) is 0 Å². The first-order valence-electron chi connectivity index (χ1n) is 7.76. The predicted octanol–water partition coefficient (Wildman–Crippen LogP) is 8.16. The van der Waals surface area contributed by atoms with E-state index >= 15 is 0 Å². The van der Waals surface area contributed by atoms with Crippen LogP contribution in [0.1, 0.15) is 0 Å². The molecule has 0 fully saturated rings. The van der Waals surface area contributed by atoms with Crippen LogP contribution in [0.25, 0.3) is 0 Å². The Balaban J connectivity index is -0.00000445. The van der Waals surface area contributed by atoms with Crippen LogP contribution in [-0.4, -0.2) is 88.5 Å². The maximum Gasteiger partial charge on any atom is 2.00 e. The Bertz CT molecular complexity index is 876. The molecule has 0 aliphatic heterocycles. The summed E-state index contributed by atoms with van der Waals surface area (Å²) in [5.74, 6) is -90.9. The molecular weight excluding hydrogens is 667 g/mol. The third-order valence-electron chi connectivity index (χ3n) is 4.14. The number of hydrogen-bond donors (Lipinski definition) is 0. The Morgan fingerprint density at radius 2 is 0.475 bits per heavy atom. The van der Waals surface area contributed by atoms with Crippen molar-refractivity contribution in [2.45, 2.75) is 65.4 Å². The Kier molecular flexibility index (Phi) is 11.8. The summed E-state index contributed by atoms with van der Waals surface area (Å²) in [5.41, 5.74) is 0. The standard InChI is InChI=1S/C12F25.C2H.Mg/c13-1(14)2(15,16)3(17,18)4(19,20)5(21,22)6(23,24)7(25,26)8(27,28)9(29,30)10(31,32)11(33,34)12(35,36)37;1-2;/h;1H;/q2*-1;+2. The van der Waals surface area contributed by atoms with Gasteiger partial charge >= 0.3 is 82.5 Å². The average Bonchev–Trinajstić information content (AvgIpc) is 2.72. The molecule has 0 aromatic rings. The zero-order valence-corrected chi connectivity index (χ0v) is 18.6. The minimum Gasteiger partial charge on any atom is -0.697 e. The van der Waals surface area contributed by atoms with E-state index in [2.05, 4.69) is 6.42 Å². The Morgan fingerprint density at radius 1 is 0.325 bits per heavy atom. The first kappa shape index (κ1) is 43.0.